The van der Waals surface area contributed by atoms with Crippen molar-refractivity contribution in [3.63, 3.8) is 0 Å². The monoisotopic (exact) mass is 271 g/mol. The Hall–Kier alpha value is -1.81. The molecule has 0 spiro atoms. The third-order valence-corrected chi connectivity index (χ3v) is 3.88. The van der Waals surface area contributed by atoms with Crippen molar-refractivity contribution in [2.75, 3.05) is 19.7 Å². The first-order valence-electron chi connectivity index (χ1n) is 7.33. The van der Waals surface area contributed by atoms with Crippen LogP contribution in [0.25, 0.3) is 11.3 Å². The van der Waals surface area contributed by atoms with E-state index in [0.29, 0.717) is 6.61 Å². The lowest BCUT2D eigenvalue weighted by Gasteiger charge is -2.25. The van der Waals surface area contributed by atoms with Crippen LogP contribution in [0.1, 0.15) is 25.1 Å². The first kappa shape index (κ1) is 13.2. The molecule has 1 aliphatic rings. The highest BCUT2D eigenvalue weighted by Crippen LogP contribution is 2.30. The van der Waals surface area contributed by atoms with Crippen molar-refractivity contribution in [2.24, 2.45) is 0 Å². The zero-order valence-corrected chi connectivity index (χ0v) is 12.1. The fourth-order valence-corrected chi connectivity index (χ4v) is 2.76. The van der Waals surface area contributed by atoms with Gasteiger partial charge in [-0.15, -0.1) is 0 Å². The lowest BCUT2D eigenvalue weighted by molar-refractivity contribution is 0.267. The van der Waals surface area contributed by atoms with Crippen LogP contribution in [0.3, 0.4) is 0 Å². The Morgan fingerprint density at radius 1 is 1.35 bits per heavy atom. The number of fused-ring (bicyclic) bond motifs is 1. The molecule has 0 radical (unpaired) electrons. The molecule has 106 valence electrons. The number of nitrogens with one attached hydrogen (secondary N) is 1. The van der Waals surface area contributed by atoms with E-state index in [1.165, 1.54) is 11.3 Å². The van der Waals surface area contributed by atoms with Gasteiger partial charge in [0, 0.05) is 36.3 Å². The number of aromatic amines is 1. The summed E-state index contributed by atoms with van der Waals surface area (Å²) >= 11 is 0. The number of H-pyrrole nitrogens is 1. The Balaban J connectivity index is 1.95. The van der Waals surface area contributed by atoms with Gasteiger partial charge in [-0.05, 0) is 25.6 Å². The van der Waals surface area contributed by atoms with E-state index < -0.39 is 0 Å². The molecule has 0 atom stereocenters. The topological polar surface area (TPSA) is 41.1 Å². The van der Waals surface area contributed by atoms with Crippen LogP contribution in [-0.4, -0.2) is 34.8 Å². The van der Waals surface area contributed by atoms with Crippen molar-refractivity contribution in [1.82, 2.24) is 15.1 Å². The minimum atomic E-state index is 0.686. The number of hydrogen-bond acceptors (Lipinski definition) is 3. The SMILES string of the molecule is CCOc1cccc(-c2n[nH]c3c2CN(CC)CC3)c1. The van der Waals surface area contributed by atoms with Gasteiger partial charge >= 0.3 is 0 Å². The van der Waals surface area contributed by atoms with Crippen LogP contribution in [0.4, 0.5) is 0 Å². The zero-order chi connectivity index (χ0) is 13.9. The van der Waals surface area contributed by atoms with Crippen LogP contribution in [-0.2, 0) is 13.0 Å². The lowest BCUT2D eigenvalue weighted by atomic mass is 10.0. The molecular weight excluding hydrogens is 250 g/mol. The van der Waals surface area contributed by atoms with Gasteiger partial charge in [0.15, 0.2) is 0 Å². The average molecular weight is 271 g/mol. The molecule has 4 nitrogen and oxygen atoms in total. The number of nitrogens with zero attached hydrogens (tertiary/aromatic N) is 2. The number of likely N-dealkylation sites (N-methyl/N-ethyl adjacent to an activating group) is 1. The van der Waals surface area contributed by atoms with Gasteiger partial charge in [0.05, 0.1) is 12.3 Å². The van der Waals surface area contributed by atoms with E-state index in [1.54, 1.807) is 0 Å². The van der Waals surface area contributed by atoms with Crippen molar-refractivity contribution < 1.29 is 4.74 Å². The van der Waals surface area contributed by atoms with E-state index in [4.69, 9.17) is 4.74 Å². The molecule has 0 saturated carbocycles. The highest BCUT2D eigenvalue weighted by Gasteiger charge is 2.21. The fraction of sp³-hybridized carbons (Fsp3) is 0.438. The largest absolute Gasteiger partial charge is 0.494 e. The van der Waals surface area contributed by atoms with Crippen LogP contribution < -0.4 is 4.74 Å². The summed E-state index contributed by atoms with van der Waals surface area (Å²) in [5.41, 5.74) is 4.82. The molecule has 3 rings (SSSR count). The molecule has 0 bridgehead atoms. The molecular formula is C16H21N3O. The van der Waals surface area contributed by atoms with Gasteiger partial charge in [0.25, 0.3) is 0 Å². The van der Waals surface area contributed by atoms with Gasteiger partial charge in [-0.1, -0.05) is 19.1 Å². The summed E-state index contributed by atoms with van der Waals surface area (Å²) in [4.78, 5) is 2.45. The molecule has 1 aromatic heterocycles. The number of rotatable bonds is 4. The molecule has 0 aliphatic carbocycles. The van der Waals surface area contributed by atoms with Crippen LogP contribution >= 0.6 is 0 Å². The van der Waals surface area contributed by atoms with Crippen LogP contribution in [0.5, 0.6) is 5.75 Å². The Morgan fingerprint density at radius 3 is 3.05 bits per heavy atom. The van der Waals surface area contributed by atoms with E-state index in [0.717, 1.165) is 43.1 Å². The molecule has 2 aromatic rings. The maximum Gasteiger partial charge on any atom is 0.119 e. The Kier molecular flexibility index (Phi) is 3.74. The molecule has 0 unspecified atom stereocenters. The van der Waals surface area contributed by atoms with E-state index in [9.17, 15) is 0 Å². The van der Waals surface area contributed by atoms with Gasteiger partial charge in [-0.25, -0.2) is 0 Å². The Morgan fingerprint density at radius 2 is 2.25 bits per heavy atom. The number of aromatic nitrogens is 2. The van der Waals surface area contributed by atoms with Gasteiger partial charge in [-0.2, -0.15) is 5.10 Å². The van der Waals surface area contributed by atoms with Gasteiger partial charge in [0.2, 0.25) is 0 Å². The van der Waals surface area contributed by atoms with Crippen molar-refractivity contribution in [2.45, 2.75) is 26.8 Å². The summed E-state index contributed by atoms with van der Waals surface area (Å²) < 4.78 is 5.58. The molecule has 2 heterocycles. The first-order valence-corrected chi connectivity index (χ1v) is 7.33. The van der Waals surface area contributed by atoms with Crippen molar-refractivity contribution in [3.05, 3.63) is 35.5 Å². The predicted molar refractivity (Wildman–Crippen MR) is 79.8 cm³/mol. The molecule has 1 N–H and O–H groups in total. The summed E-state index contributed by atoms with van der Waals surface area (Å²) in [6.07, 6.45) is 1.06. The third-order valence-electron chi connectivity index (χ3n) is 3.88. The molecule has 1 aromatic carbocycles. The van der Waals surface area contributed by atoms with Crippen LogP contribution in [0.2, 0.25) is 0 Å². The number of hydrogen-bond donors (Lipinski definition) is 1. The average Bonchev–Trinajstić information content (AvgIpc) is 2.90. The summed E-state index contributed by atoms with van der Waals surface area (Å²) in [5.74, 6) is 0.907. The standard InChI is InChI=1S/C16H21N3O/c1-3-19-9-8-15-14(11-19)16(18-17-15)12-6-5-7-13(10-12)20-4-2/h5-7,10H,3-4,8-9,11H2,1-2H3,(H,17,18). The van der Waals surface area contributed by atoms with E-state index in [1.807, 2.05) is 19.1 Å². The molecule has 1 aliphatic heterocycles. The molecule has 20 heavy (non-hydrogen) atoms. The fourth-order valence-electron chi connectivity index (χ4n) is 2.76. The van der Waals surface area contributed by atoms with Gasteiger partial charge < -0.3 is 4.74 Å². The maximum atomic E-state index is 5.58. The van der Waals surface area contributed by atoms with Crippen LogP contribution in [0.15, 0.2) is 24.3 Å². The minimum absolute atomic E-state index is 0.686. The minimum Gasteiger partial charge on any atom is -0.494 e. The normalized spacial score (nSPS) is 15.1. The van der Waals surface area contributed by atoms with Gasteiger partial charge in [-0.3, -0.25) is 10.00 Å². The molecule has 4 heteroatoms. The van der Waals surface area contributed by atoms with E-state index >= 15 is 0 Å². The Labute approximate surface area is 119 Å². The number of benzene rings is 1. The third kappa shape index (κ3) is 2.43. The maximum absolute atomic E-state index is 5.58. The summed E-state index contributed by atoms with van der Waals surface area (Å²) in [5, 5.41) is 7.73. The van der Waals surface area contributed by atoms with Crippen molar-refractivity contribution in [1.29, 1.82) is 0 Å². The summed E-state index contributed by atoms with van der Waals surface area (Å²) in [7, 11) is 0. The quantitative estimate of drug-likeness (QED) is 0.929. The summed E-state index contributed by atoms with van der Waals surface area (Å²) in [6.45, 7) is 8.08. The molecule has 0 fully saturated rings. The Bertz CT molecular complexity index is 591. The smallest absolute Gasteiger partial charge is 0.119 e. The van der Waals surface area contributed by atoms with Crippen molar-refractivity contribution in [3.8, 4) is 17.0 Å². The van der Waals surface area contributed by atoms with Crippen molar-refractivity contribution >= 4 is 0 Å². The predicted octanol–water partition coefficient (Wildman–Crippen LogP) is 2.85. The second-order valence-corrected chi connectivity index (χ2v) is 5.11. The van der Waals surface area contributed by atoms with E-state index in [-0.39, 0.29) is 0 Å². The molecule has 0 saturated heterocycles. The first-order chi connectivity index (χ1) is 9.81. The van der Waals surface area contributed by atoms with Crippen LogP contribution in [0, 0.1) is 0 Å². The van der Waals surface area contributed by atoms with Gasteiger partial charge in [0.1, 0.15) is 5.75 Å². The second-order valence-electron chi connectivity index (χ2n) is 5.11. The summed E-state index contributed by atoms with van der Waals surface area (Å²) in [6, 6.07) is 8.20. The lowest BCUT2D eigenvalue weighted by Crippen LogP contribution is -2.30. The highest BCUT2D eigenvalue weighted by atomic mass is 16.5. The van der Waals surface area contributed by atoms with E-state index in [2.05, 4.69) is 34.2 Å². The highest BCUT2D eigenvalue weighted by molar-refractivity contribution is 5.65. The zero-order valence-electron chi connectivity index (χ0n) is 12.1. The molecule has 0 amide bonds. The second kappa shape index (κ2) is 5.67. The number of ether oxygens (including phenoxy) is 1.